The quantitative estimate of drug-likeness (QED) is 0.402. The second kappa shape index (κ2) is 10.6. The van der Waals surface area contributed by atoms with E-state index in [1.807, 2.05) is 7.05 Å². The van der Waals surface area contributed by atoms with Crippen LogP contribution < -0.4 is 20.1 Å². The maximum Gasteiger partial charge on any atom is 0.387 e. The van der Waals surface area contributed by atoms with E-state index in [1.54, 1.807) is 31.3 Å². The first-order valence-electron chi connectivity index (χ1n) is 12.9. The van der Waals surface area contributed by atoms with E-state index in [4.69, 9.17) is 0 Å². The van der Waals surface area contributed by atoms with Crippen LogP contribution in [-0.2, 0) is 7.05 Å². The van der Waals surface area contributed by atoms with Crippen LogP contribution in [-0.4, -0.2) is 41.8 Å². The highest BCUT2D eigenvalue weighted by Crippen LogP contribution is 2.38. The van der Waals surface area contributed by atoms with Gasteiger partial charge in [0.1, 0.15) is 17.3 Å². The largest absolute Gasteiger partial charge is 0.432 e. The zero-order valence-electron chi connectivity index (χ0n) is 21.4. The second-order valence-electron chi connectivity index (χ2n) is 10.3. The third kappa shape index (κ3) is 5.28. The first-order valence-corrected chi connectivity index (χ1v) is 12.9. The van der Waals surface area contributed by atoms with Crippen molar-refractivity contribution in [3.05, 3.63) is 58.3 Å². The van der Waals surface area contributed by atoms with Gasteiger partial charge in [-0.2, -0.15) is 14.0 Å². The molecule has 0 amide bonds. The number of hydrogen-bond acceptors (Lipinski definition) is 6. The molecule has 2 aliphatic rings. The van der Waals surface area contributed by atoms with Gasteiger partial charge in [0, 0.05) is 50.5 Å². The molecule has 1 aromatic carbocycles. The molecule has 7 nitrogen and oxygen atoms in total. The Morgan fingerprint density at radius 1 is 1.11 bits per heavy atom. The second-order valence-corrected chi connectivity index (χ2v) is 10.3. The van der Waals surface area contributed by atoms with Crippen LogP contribution in [0.15, 0.2) is 41.2 Å². The molecule has 10 heteroatoms. The van der Waals surface area contributed by atoms with Crippen LogP contribution in [0.25, 0.3) is 11.0 Å². The predicted octanol–water partition coefficient (Wildman–Crippen LogP) is 5.21. The van der Waals surface area contributed by atoms with E-state index in [0.717, 1.165) is 45.1 Å². The van der Waals surface area contributed by atoms with E-state index in [9.17, 15) is 23.2 Å². The first-order chi connectivity index (χ1) is 18.2. The number of fused-ring (bicyclic) bond motifs is 1. The molecule has 0 radical (unpaired) electrons. The smallest absolute Gasteiger partial charge is 0.387 e. The number of halogens is 3. The molecule has 0 saturated heterocycles. The molecule has 0 aliphatic heterocycles. The van der Waals surface area contributed by atoms with Gasteiger partial charge in [-0.1, -0.05) is 0 Å². The van der Waals surface area contributed by atoms with Gasteiger partial charge in [-0.25, -0.2) is 9.37 Å². The van der Waals surface area contributed by atoms with Crippen LogP contribution in [0, 0.1) is 23.1 Å². The highest BCUT2D eigenvalue weighted by atomic mass is 19.3. The summed E-state index contributed by atoms with van der Waals surface area (Å²) < 4.78 is 45.7. The lowest BCUT2D eigenvalue weighted by molar-refractivity contribution is -0.0521. The van der Waals surface area contributed by atoms with Gasteiger partial charge in [-0.05, 0) is 68.7 Å². The van der Waals surface area contributed by atoms with Crippen LogP contribution >= 0.6 is 0 Å². The third-order valence-corrected chi connectivity index (χ3v) is 7.83. The number of aryl methyl sites for hydroxylation is 1. The van der Waals surface area contributed by atoms with E-state index in [1.165, 1.54) is 16.7 Å². The number of hydrogen-bond donors (Lipinski definition) is 0. The maximum absolute atomic E-state index is 14.1. The lowest BCUT2D eigenvalue weighted by Crippen LogP contribution is -2.44. The molecule has 2 fully saturated rings. The molecule has 2 saturated carbocycles. The van der Waals surface area contributed by atoms with Gasteiger partial charge in [0.2, 0.25) is 0 Å². The summed E-state index contributed by atoms with van der Waals surface area (Å²) in [5.41, 5.74) is 2.82. The Hall–Kier alpha value is -3.74. The zero-order valence-corrected chi connectivity index (χ0v) is 21.4. The summed E-state index contributed by atoms with van der Waals surface area (Å²) in [5.74, 6) is -0.694. The van der Waals surface area contributed by atoms with Crippen molar-refractivity contribution in [1.29, 1.82) is 5.26 Å². The highest BCUT2D eigenvalue weighted by molar-refractivity contribution is 5.88. The number of anilines is 2. The summed E-state index contributed by atoms with van der Waals surface area (Å²) in [4.78, 5) is 21.5. The number of benzene rings is 1. The minimum atomic E-state index is -3.09. The molecule has 5 rings (SSSR count). The lowest BCUT2D eigenvalue weighted by atomic mass is 9.88. The van der Waals surface area contributed by atoms with Crippen LogP contribution in [0.4, 0.5) is 24.5 Å². The fourth-order valence-electron chi connectivity index (χ4n) is 5.50. The van der Waals surface area contributed by atoms with Crippen molar-refractivity contribution < 1.29 is 17.9 Å². The molecule has 2 heterocycles. The normalized spacial score (nSPS) is 19.4. The molecule has 38 heavy (non-hydrogen) atoms. The Kier molecular flexibility index (Phi) is 7.19. The lowest BCUT2D eigenvalue weighted by Gasteiger charge is -2.41. The number of pyridine rings is 2. The van der Waals surface area contributed by atoms with Crippen LogP contribution in [0.2, 0.25) is 0 Å². The van der Waals surface area contributed by atoms with E-state index in [0.29, 0.717) is 34.0 Å². The van der Waals surface area contributed by atoms with Gasteiger partial charge in [-0.3, -0.25) is 4.79 Å². The molecular weight excluding hydrogens is 495 g/mol. The minimum Gasteiger partial charge on any atom is -0.432 e. The topological polar surface area (TPSA) is 74.4 Å². The van der Waals surface area contributed by atoms with Gasteiger partial charge in [0.25, 0.3) is 5.56 Å². The van der Waals surface area contributed by atoms with Crippen LogP contribution in [0.3, 0.4) is 0 Å². The van der Waals surface area contributed by atoms with Crippen molar-refractivity contribution in [2.45, 2.75) is 57.2 Å². The number of ether oxygens (including phenoxy) is 1. The molecule has 0 atom stereocenters. The predicted molar refractivity (Wildman–Crippen MR) is 139 cm³/mol. The molecule has 0 bridgehead atoms. The van der Waals surface area contributed by atoms with Crippen LogP contribution in [0.1, 0.15) is 44.2 Å². The Balaban J connectivity index is 1.36. The van der Waals surface area contributed by atoms with Crippen molar-refractivity contribution in [2.24, 2.45) is 13.0 Å². The number of rotatable bonds is 8. The summed E-state index contributed by atoms with van der Waals surface area (Å²) in [7, 11) is 3.64. The van der Waals surface area contributed by atoms with Gasteiger partial charge in [0.15, 0.2) is 11.6 Å². The molecule has 0 unspecified atom stereocenters. The van der Waals surface area contributed by atoms with Crippen molar-refractivity contribution in [1.82, 2.24) is 9.55 Å². The van der Waals surface area contributed by atoms with Crippen LogP contribution in [0.5, 0.6) is 5.75 Å². The average molecular weight is 526 g/mol. The monoisotopic (exact) mass is 525 g/mol. The van der Waals surface area contributed by atoms with Gasteiger partial charge >= 0.3 is 6.61 Å². The van der Waals surface area contributed by atoms with Gasteiger partial charge in [-0.15, -0.1) is 0 Å². The average Bonchev–Trinajstić information content (AvgIpc) is 3.74. The van der Waals surface area contributed by atoms with Gasteiger partial charge in [0.05, 0.1) is 11.2 Å². The standard InChI is InChI=1S/C28H30F3N5O2/c1-34(24-14-26(37)35(2)23-12-5-18(15-32)33-27(23)24)19-6-8-20(9-7-19)36(16-17-3-4-17)21-10-11-22(29)25(13-21)38-28(30)31/h5,10-14,17,19-20,28H,3-4,6-9,16H2,1-2H3. The van der Waals surface area contributed by atoms with Crippen molar-refractivity contribution in [3.8, 4) is 11.8 Å². The Bertz CT molecular complexity index is 1420. The number of aromatic nitrogens is 2. The maximum atomic E-state index is 14.1. The Labute approximate surface area is 219 Å². The zero-order chi connectivity index (χ0) is 27.0. The molecule has 3 aromatic rings. The van der Waals surface area contributed by atoms with E-state index >= 15 is 0 Å². The number of alkyl halides is 2. The summed E-state index contributed by atoms with van der Waals surface area (Å²) in [6.45, 7) is -2.29. The fraction of sp³-hybridized carbons (Fsp3) is 0.464. The van der Waals surface area contributed by atoms with E-state index < -0.39 is 18.2 Å². The van der Waals surface area contributed by atoms with E-state index in [2.05, 4.69) is 25.6 Å². The molecule has 200 valence electrons. The Morgan fingerprint density at radius 3 is 2.47 bits per heavy atom. The molecule has 2 aliphatic carbocycles. The molecular formula is C28H30F3N5O2. The summed E-state index contributed by atoms with van der Waals surface area (Å²) in [5, 5.41) is 9.35. The molecule has 0 spiro atoms. The minimum absolute atomic E-state index is 0.145. The Morgan fingerprint density at radius 2 is 1.82 bits per heavy atom. The molecule has 0 N–H and O–H groups in total. The van der Waals surface area contributed by atoms with Crippen molar-refractivity contribution >= 4 is 22.4 Å². The number of nitrogens with zero attached hydrogens (tertiary/aromatic N) is 5. The van der Waals surface area contributed by atoms with Crippen molar-refractivity contribution in [2.75, 3.05) is 23.4 Å². The summed E-state index contributed by atoms with van der Waals surface area (Å²) in [6.07, 6.45) is 5.65. The number of nitriles is 1. The highest BCUT2D eigenvalue weighted by Gasteiger charge is 2.33. The summed E-state index contributed by atoms with van der Waals surface area (Å²) in [6, 6.07) is 11.5. The third-order valence-electron chi connectivity index (χ3n) is 7.83. The van der Waals surface area contributed by atoms with E-state index in [-0.39, 0.29) is 17.6 Å². The SMILES string of the molecule is CN(c1cc(=O)n(C)c2ccc(C#N)nc12)C1CCC(N(CC2CC2)c2ccc(F)c(OC(F)F)c2)CC1. The summed E-state index contributed by atoms with van der Waals surface area (Å²) >= 11 is 0. The molecule has 2 aromatic heterocycles. The van der Waals surface area contributed by atoms with Gasteiger partial charge < -0.3 is 19.1 Å². The van der Waals surface area contributed by atoms with Crippen molar-refractivity contribution in [3.63, 3.8) is 0 Å². The fourth-order valence-corrected chi connectivity index (χ4v) is 5.50. The first kappa shape index (κ1) is 25.9.